The Kier molecular flexibility index (Phi) is 5.69. The summed E-state index contributed by atoms with van der Waals surface area (Å²) >= 11 is 0. The SMILES string of the molecule is NC(=NCCOC1CCCCC1)Nc1ccccc1. The maximum absolute atomic E-state index is 5.81. The van der Waals surface area contributed by atoms with Gasteiger partial charge in [-0.3, -0.25) is 4.99 Å². The molecule has 1 aliphatic rings. The molecule has 0 heterocycles. The van der Waals surface area contributed by atoms with Crippen LogP contribution < -0.4 is 11.1 Å². The molecule has 2 rings (SSSR count). The molecule has 0 aromatic heterocycles. The van der Waals surface area contributed by atoms with E-state index in [9.17, 15) is 0 Å². The molecule has 1 fully saturated rings. The highest BCUT2D eigenvalue weighted by molar-refractivity contribution is 5.92. The van der Waals surface area contributed by atoms with Crippen LogP contribution >= 0.6 is 0 Å². The molecule has 1 saturated carbocycles. The second-order valence-electron chi connectivity index (χ2n) is 4.89. The van der Waals surface area contributed by atoms with Gasteiger partial charge in [0.05, 0.1) is 19.3 Å². The van der Waals surface area contributed by atoms with Gasteiger partial charge in [0.25, 0.3) is 0 Å². The van der Waals surface area contributed by atoms with Crippen molar-refractivity contribution in [1.82, 2.24) is 0 Å². The van der Waals surface area contributed by atoms with Crippen molar-refractivity contribution in [3.63, 3.8) is 0 Å². The van der Waals surface area contributed by atoms with Crippen molar-refractivity contribution >= 4 is 11.6 Å². The zero-order valence-corrected chi connectivity index (χ0v) is 11.3. The number of anilines is 1. The second kappa shape index (κ2) is 7.79. The van der Waals surface area contributed by atoms with E-state index in [1.54, 1.807) is 0 Å². The van der Waals surface area contributed by atoms with Gasteiger partial charge in [-0.15, -0.1) is 0 Å². The van der Waals surface area contributed by atoms with E-state index >= 15 is 0 Å². The van der Waals surface area contributed by atoms with Crippen molar-refractivity contribution in [1.29, 1.82) is 0 Å². The number of rotatable bonds is 5. The Morgan fingerprint density at radius 3 is 2.68 bits per heavy atom. The quantitative estimate of drug-likeness (QED) is 0.487. The van der Waals surface area contributed by atoms with E-state index in [1.807, 2.05) is 30.3 Å². The lowest BCUT2D eigenvalue weighted by molar-refractivity contribution is 0.0335. The number of nitrogens with two attached hydrogens (primary N) is 1. The van der Waals surface area contributed by atoms with Crippen LogP contribution in [0.4, 0.5) is 5.69 Å². The summed E-state index contributed by atoms with van der Waals surface area (Å²) < 4.78 is 5.79. The molecule has 3 N–H and O–H groups in total. The number of hydrogen-bond donors (Lipinski definition) is 2. The number of aliphatic imine (C=N–C) groups is 1. The van der Waals surface area contributed by atoms with Crippen LogP contribution in [0, 0.1) is 0 Å². The maximum atomic E-state index is 5.81. The molecule has 0 atom stereocenters. The molecule has 19 heavy (non-hydrogen) atoms. The van der Waals surface area contributed by atoms with E-state index in [0.717, 1.165) is 5.69 Å². The standard InChI is InChI=1S/C15H23N3O/c16-15(18-13-7-3-1-4-8-13)17-11-12-19-14-9-5-2-6-10-14/h1,3-4,7-8,14H,2,5-6,9-12H2,(H3,16,17,18). The number of benzene rings is 1. The summed E-state index contributed by atoms with van der Waals surface area (Å²) in [4.78, 5) is 4.26. The fraction of sp³-hybridized carbons (Fsp3) is 0.533. The van der Waals surface area contributed by atoms with Crippen LogP contribution in [0.5, 0.6) is 0 Å². The third kappa shape index (κ3) is 5.30. The number of para-hydroxylation sites is 1. The summed E-state index contributed by atoms with van der Waals surface area (Å²) in [6.45, 7) is 1.27. The van der Waals surface area contributed by atoms with Crippen LogP contribution in [0.1, 0.15) is 32.1 Å². The Balaban J connectivity index is 1.64. The lowest BCUT2D eigenvalue weighted by atomic mass is 9.98. The van der Waals surface area contributed by atoms with Gasteiger partial charge in [-0.2, -0.15) is 0 Å². The van der Waals surface area contributed by atoms with Gasteiger partial charge < -0.3 is 15.8 Å². The molecular weight excluding hydrogens is 238 g/mol. The molecule has 4 heteroatoms. The number of hydrogen-bond acceptors (Lipinski definition) is 2. The number of nitrogens with zero attached hydrogens (tertiary/aromatic N) is 1. The van der Waals surface area contributed by atoms with E-state index < -0.39 is 0 Å². The van der Waals surface area contributed by atoms with Gasteiger partial charge in [0.2, 0.25) is 0 Å². The number of ether oxygens (including phenoxy) is 1. The van der Waals surface area contributed by atoms with Crippen molar-refractivity contribution in [3.8, 4) is 0 Å². The summed E-state index contributed by atoms with van der Waals surface area (Å²) in [5, 5.41) is 3.05. The molecule has 0 amide bonds. The van der Waals surface area contributed by atoms with E-state index in [0.29, 0.717) is 25.2 Å². The Bertz CT molecular complexity index is 386. The summed E-state index contributed by atoms with van der Waals surface area (Å²) in [7, 11) is 0. The highest BCUT2D eigenvalue weighted by Gasteiger charge is 2.12. The summed E-state index contributed by atoms with van der Waals surface area (Å²) in [6, 6.07) is 9.81. The van der Waals surface area contributed by atoms with Crippen molar-refractivity contribution in [3.05, 3.63) is 30.3 Å². The first-order valence-corrected chi connectivity index (χ1v) is 7.08. The lowest BCUT2D eigenvalue weighted by Gasteiger charge is -2.21. The topological polar surface area (TPSA) is 59.6 Å². The van der Waals surface area contributed by atoms with E-state index in [4.69, 9.17) is 10.5 Å². The summed E-state index contributed by atoms with van der Waals surface area (Å²) in [5.41, 5.74) is 6.76. The minimum absolute atomic E-state index is 0.437. The van der Waals surface area contributed by atoms with E-state index in [-0.39, 0.29) is 0 Å². The molecule has 0 aliphatic heterocycles. The third-order valence-electron chi connectivity index (χ3n) is 3.33. The Labute approximate surface area is 115 Å². The Hall–Kier alpha value is -1.55. The van der Waals surface area contributed by atoms with Gasteiger partial charge in [0.1, 0.15) is 0 Å². The maximum Gasteiger partial charge on any atom is 0.193 e. The number of nitrogens with one attached hydrogen (secondary N) is 1. The molecule has 0 radical (unpaired) electrons. The van der Waals surface area contributed by atoms with Crippen molar-refractivity contribution < 1.29 is 4.74 Å². The van der Waals surface area contributed by atoms with Crippen LogP contribution in [0.15, 0.2) is 35.3 Å². The Morgan fingerprint density at radius 1 is 1.21 bits per heavy atom. The van der Waals surface area contributed by atoms with Crippen LogP contribution in [-0.2, 0) is 4.74 Å². The molecule has 0 saturated heterocycles. The van der Waals surface area contributed by atoms with Gasteiger partial charge in [-0.25, -0.2) is 0 Å². The molecule has 104 valence electrons. The van der Waals surface area contributed by atoms with E-state index in [1.165, 1.54) is 32.1 Å². The molecule has 0 bridgehead atoms. The van der Waals surface area contributed by atoms with Crippen LogP contribution in [0.3, 0.4) is 0 Å². The second-order valence-corrected chi connectivity index (χ2v) is 4.89. The largest absolute Gasteiger partial charge is 0.376 e. The third-order valence-corrected chi connectivity index (χ3v) is 3.33. The molecule has 4 nitrogen and oxygen atoms in total. The van der Waals surface area contributed by atoms with E-state index in [2.05, 4.69) is 10.3 Å². The fourth-order valence-corrected chi connectivity index (χ4v) is 2.33. The zero-order valence-electron chi connectivity index (χ0n) is 11.3. The minimum Gasteiger partial charge on any atom is -0.376 e. The van der Waals surface area contributed by atoms with Crippen LogP contribution in [0.2, 0.25) is 0 Å². The Morgan fingerprint density at radius 2 is 1.95 bits per heavy atom. The normalized spacial score (nSPS) is 17.4. The summed E-state index contributed by atoms with van der Waals surface area (Å²) in [6.07, 6.45) is 6.78. The predicted octanol–water partition coefficient (Wildman–Crippen LogP) is 2.76. The predicted molar refractivity (Wildman–Crippen MR) is 79.4 cm³/mol. The number of guanidine groups is 1. The first kappa shape index (κ1) is 13.9. The van der Waals surface area contributed by atoms with Gasteiger partial charge in [0.15, 0.2) is 5.96 Å². The smallest absolute Gasteiger partial charge is 0.193 e. The van der Waals surface area contributed by atoms with Gasteiger partial charge in [0, 0.05) is 5.69 Å². The average molecular weight is 261 g/mol. The first-order chi connectivity index (χ1) is 9.34. The van der Waals surface area contributed by atoms with Gasteiger partial charge >= 0.3 is 0 Å². The highest BCUT2D eigenvalue weighted by Crippen LogP contribution is 2.19. The highest BCUT2D eigenvalue weighted by atomic mass is 16.5. The van der Waals surface area contributed by atoms with Crippen LogP contribution in [-0.4, -0.2) is 25.2 Å². The molecule has 1 aromatic rings. The monoisotopic (exact) mass is 261 g/mol. The fourth-order valence-electron chi connectivity index (χ4n) is 2.33. The van der Waals surface area contributed by atoms with Crippen molar-refractivity contribution in [2.45, 2.75) is 38.2 Å². The molecule has 1 aliphatic carbocycles. The molecule has 0 spiro atoms. The minimum atomic E-state index is 0.437. The van der Waals surface area contributed by atoms with Crippen molar-refractivity contribution in [2.75, 3.05) is 18.5 Å². The summed E-state index contributed by atoms with van der Waals surface area (Å²) in [5.74, 6) is 0.443. The lowest BCUT2D eigenvalue weighted by Crippen LogP contribution is -2.24. The van der Waals surface area contributed by atoms with Crippen molar-refractivity contribution in [2.24, 2.45) is 10.7 Å². The average Bonchev–Trinajstić information content (AvgIpc) is 2.46. The first-order valence-electron chi connectivity index (χ1n) is 7.08. The molecule has 0 unspecified atom stereocenters. The molecular formula is C15H23N3O. The zero-order chi connectivity index (χ0) is 13.3. The molecule has 1 aromatic carbocycles. The van der Waals surface area contributed by atoms with Gasteiger partial charge in [-0.1, -0.05) is 37.5 Å². The van der Waals surface area contributed by atoms with Crippen LogP contribution in [0.25, 0.3) is 0 Å². The van der Waals surface area contributed by atoms with Gasteiger partial charge in [-0.05, 0) is 25.0 Å².